The van der Waals surface area contributed by atoms with Crippen LogP contribution in [0.25, 0.3) is 0 Å². The fourth-order valence-electron chi connectivity index (χ4n) is 1.33. The summed E-state index contributed by atoms with van der Waals surface area (Å²) in [7, 11) is 0. The molecular weight excluding hydrogens is 304 g/mol. The Morgan fingerprint density at radius 1 is 1.65 bits per heavy atom. The largest absolute Gasteiger partial charge is 0.378 e. The van der Waals surface area contributed by atoms with Crippen molar-refractivity contribution in [3.63, 3.8) is 0 Å². The lowest BCUT2D eigenvalue weighted by Gasteiger charge is -2.01. The molecule has 0 spiro atoms. The molecule has 2 rings (SSSR count). The van der Waals surface area contributed by atoms with Crippen LogP contribution in [0, 0.1) is 0 Å². The van der Waals surface area contributed by atoms with Crippen LogP contribution in [0.5, 0.6) is 0 Å². The molecule has 17 heavy (non-hydrogen) atoms. The van der Waals surface area contributed by atoms with Crippen molar-refractivity contribution in [3.05, 3.63) is 33.2 Å². The number of nitrogens with zero attached hydrogens (tertiary/aromatic N) is 2. The van der Waals surface area contributed by atoms with Crippen LogP contribution in [-0.4, -0.2) is 15.7 Å². The molecule has 0 bridgehead atoms. The minimum Gasteiger partial charge on any atom is -0.378 e. The first-order valence-electron chi connectivity index (χ1n) is 4.91. The predicted molar refractivity (Wildman–Crippen MR) is 70.8 cm³/mol. The molecule has 2 aromatic heterocycles. The number of hydrogen-bond acceptors (Lipinski definition) is 4. The highest BCUT2D eigenvalue weighted by Gasteiger charge is 2.03. The third kappa shape index (κ3) is 3.31. The summed E-state index contributed by atoms with van der Waals surface area (Å²) in [5.41, 5.74) is 5.95. The third-order valence-corrected chi connectivity index (χ3v) is 4.02. The molecule has 5 nitrogen and oxygen atoms in total. The van der Waals surface area contributed by atoms with Gasteiger partial charge in [-0.05, 0) is 27.4 Å². The van der Waals surface area contributed by atoms with Gasteiger partial charge in [-0.3, -0.25) is 9.48 Å². The Balaban J connectivity index is 1.93. The summed E-state index contributed by atoms with van der Waals surface area (Å²) in [5, 5.41) is 9.28. The Morgan fingerprint density at radius 3 is 3.12 bits per heavy atom. The van der Waals surface area contributed by atoms with Gasteiger partial charge in [0.1, 0.15) is 6.54 Å². The summed E-state index contributed by atoms with van der Waals surface area (Å²) < 4.78 is 2.60. The summed E-state index contributed by atoms with van der Waals surface area (Å²) >= 11 is 5.14. The number of carbonyl (C=O) groups is 1. The van der Waals surface area contributed by atoms with Gasteiger partial charge in [0.2, 0.25) is 5.91 Å². The van der Waals surface area contributed by atoms with Gasteiger partial charge < -0.3 is 11.1 Å². The van der Waals surface area contributed by atoms with Crippen molar-refractivity contribution in [2.75, 3.05) is 5.32 Å². The maximum atomic E-state index is 10.7. The number of hydrogen-bond donors (Lipinski definition) is 2. The zero-order valence-corrected chi connectivity index (χ0v) is 11.3. The van der Waals surface area contributed by atoms with E-state index >= 15 is 0 Å². The van der Waals surface area contributed by atoms with Crippen LogP contribution in [0.4, 0.5) is 5.69 Å². The van der Waals surface area contributed by atoms with E-state index in [1.807, 2.05) is 11.4 Å². The number of nitrogens with two attached hydrogens (primary N) is 1. The molecule has 3 N–H and O–H groups in total. The number of primary amides is 1. The van der Waals surface area contributed by atoms with Crippen LogP contribution in [0.1, 0.15) is 4.88 Å². The van der Waals surface area contributed by atoms with Gasteiger partial charge in [-0.2, -0.15) is 5.10 Å². The molecule has 0 aliphatic heterocycles. The highest BCUT2D eigenvalue weighted by Crippen LogP contribution is 2.23. The lowest BCUT2D eigenvalue weighted by Crippen LogP contribution is -2.18. The number of carbonyl (C=O) groups excluding carboxylic acids is 1. The summed E-state index contributed by atoms with van der Waals surface area (Å²) in [6.07, 6.45) is 3.43. The Morgan fingerprint density at radius 2 is 2.47 bits per heavy atom. The van der Waals surface area contributed by atoms with Gasteiger partial charge in [-0.25, -0.2) is 0 Å². The third-order valence-electron chi connectivity index (χ3n) is 2.10. The number of aromatic nitrogens is 2. The highest BCUT2D eigenvalue weighted by molar-refractivity contribution is 9.10. The van der Waals surface area contributed by atoms with E-state index in [2.05, 4.69) is 26.3 Å². The van der Waals surface area contributed by atoms with Gasteiger partial charge in [0.25, 0.3) is 0 Å². The van der Waals surface area contributed by atoms with Crippen molar-refractivity contribution in [2.24, 2.45) is 5.73 Å². The fourth-order valence-corrected chi connectivity index (χ4v) is 2.77. The molecule has 0 atom stereocenters. The van der Waals surface area contributed by atoms with Crippen LogP contribution in [0.2, 0.25) is 0 Å². The minimum atomic E-state index is -0.402. The predicted octanol–water partition coefficient (Wildman–Crippen LogP) is 1.80. The fraction of sp³-hybridized carbons (Fsp3) is 0.200. The first kappa shape index (κ1) is 12.1. The second-order valence-electron chi connectivity index (χ2n) is 3.44. The van der Waals surface area contributed by atoms with Crippen LogP contribution in [0.3, 0.4) is 0 Å². The quantitative estimate of drug-likeness (QED) is 0.884. The maximum absolute atomic E-state index is 10.7. The van der Waals surface area contributed by atoms with Gasteiger partial charge in [0, 0.05) is 15.5 Å². The van der Waals surface area contributed by atoms with Crippen molar-refractivity contribution in [2.45, 2.75) is 13.1 Å². The van der Waals surface area contributed by atoms with Gasteiger partial charge >= 0.3 is 0 Å². The van der Waals surface area contributed by atoms with Crippen LogP contribution in [-0.2, 0) is 17.9 Å². The van der Waals surface area contributed by atoms with Crippen LogP contribution in [0.15, 0.2) is 28.3 Å². The molecule has 7 heteroatoms. The summed E-state index contributed by atoms with van der Waals surface area (Å²) in [4.78, 5) is 11.9. The maximum Gasteiger partial charge on any atom is 0.239 e. The lowest BCUT2D eigenvalue weighted by molar-refractivity contribution is -0.118. The summed E-state index contributed by atoms with van der Waals surface area (Å²) in [6.45, 7) is 0.824. The second kappa shape index (κ2) is 5.33. The van der Waals surface area contributed by atoms with E-state index < -0.39 is 5.91 Å². The van der Waals surface area contributed by atoms with Crippen molar-refractivity contribution < 1.29 is 4.79 Å². The number of amides is 1. The van der Waals surface area contributed by atoms with E-state index in [4.69, 9.17) is 5.73 Å². The van der Waals surface area contributed by atoms with E-state index in [0.717, 1.165) is 16.7 Å². The number of thiophene rings is 1. The van der Waals surface area contributed by atoms with Crippen LogP contribution < -0.4 is 11.1 Å². The lowest BCUT2D eigenvalue weighted by atomic mass is 10.4. The number of halogens is 1. The molecule has 0 saturated carbocycles. The van der Waals surface area contributed by atoms with Gasteiger partial charge in [0.05, 0.1) is 18.4 Å². The molecule has 0 fully saturated rings. The summed E-state index contributed by atoms with van der Waals surface area (Å²) in [5.74, 6) is -0.402. The molecule has 2 aromatic rings. The average molecular weight is 315 g/mol. The molecule has 2 heterocycles. The number of rotatable bonds is 5. The highest BCUT2D eigenvalue weighted by atomic mass is 79.9. The Kier molecular flexibility index (Phi) is 3.80. The molecule has 0 radical (unpaired) electrons. The first-order chi connectivity index (χ1) is 8.15. The number of anilines is 1. The van der Waals surface area contributed by atoms with Crippen molar-refractivity contribution in [3.8, 4) is 0 Å². The van der Waals surface area contributed by atoms with E-state index in [9.17, 15) is 4.79 Å². The SMILES string of the molecule is NC(=O)Cn1cc(NCc2sccc2Br)cn1. The molecular formula is C10H11BrN4OS. The number of nitrogens with one attached hydrogen (secondary N) is 1. The normalized spacial score (nSPS) is 10.4. The monoisotopic (exact) mass is 314 g/mol. The smallest absolute Gasteiger partial charge is 0.239 e. The summed E-state index contributed by atoms with van der Waals surface area (Å²) in [6, 6.07) is 2.01. The topological polar surface area (TPSA) is 72.9 Å². The van der Waals surface area contributed by atoms with Crippen molar-refractivity contribution in [1.29, 1.82) is 0 Å². The zero-order valence-electron chi connectivity index (χ0n) is 8.89. The van der Waals surface area contributed by atoms with E-state index in [1.54, 1.807) is 23.7 Å². The zero-order chi connectivity index (χ0) is 12.3. The van der Waals surface area contributed by atoms with E-state index in [-0.39, 0.29) is 6.54 Å². The van der Waals surface area contributed by atoms with Gasteiger partial charge in [-0.15, -0.1) is 11.3 Å². The van der Waals surface area contributed by atoms with Crippen molar-refractivity contribution in [1.82, 2.24) is 9.78 Å². The Hall–Kier alpha value is -1.34. The van der Waals surface area contributed by atoms with Crippen molar-refractivity contribution >= 4 is 38.9 Å². The van der Waals surface area contributed by atoms with E-state index in [0.29, 0.717) is 0 Å². The van der Waals surface area contributed by atoms with Gasteiger partial charge in [0.15, 0.2) is 0 Å². The molecule has 1 amide bonds. The van der Waals surface area contributed by atoms with E-state index in [1.165, 1.54) is 9.56 Å². The molecule has 0 aliphatic rings. The minimum absolute atomic E-state index is 0.102. The standard InChI is InChI=1S/C10H11BrN4OS/c11-8-1-2-17-9(8)4-13-7-3-14-15(5-7)6-10(12)16/h1-3,5,13H,4,6H2,(H2,12,16). The van der Waals surface area contributed by atoms with Crippen LogP contribution >= 0.6 is 27.3 Å². The average Bonchev–Trinajstić information content (AvgIpc) is 2.84. The molecule has 0 aromatic carbocycles. The molecule has 0 saturated heterocycles. The molecule has 0 aliphatic carbocycles. The first-order valence-corrected chi connectivity index (χ1v) is 6.59. The molecule has 0 unspecified atom stereocenters. The van der Waals surface area contributed by atoms with Gasteiger partial charge in [-0.1, -0.05) is 0 Å². The molecule has 90 valence electrons. The Labute approximate surface area is 111 Å². The second-order valence-corrected chi connectivity index (χ2v) is 5.29. The Bertz CT molecular complexity index is 522.